The third-order valence-electron chi connectivity index (χ3n) is 2.89. The molecule has 26 heavy (non-hydrogen) atoms. The van der Waals surface area contributed by atoms with Gasteiger partial charge in [-0.15, -0.1) is 0 Å². The summed E-state index contributed by atoms with van der Waals surface area (Å²) in [6, 6.07) is 13.9. The molecule has 0 atom stereocenters. The van der Waals surface area contributed by atoms with Gasteiger partial charge in [0.05, 0.1) is 5.69 Å². The SMILES string of the molecule is CC.CC.CC.Cc1cccc(Nc2nccc(-c3cccnc3)n2)c1. The van der Waals surface area contributed by atoms with Crippen molar-refractivity contribution < 1.29 is 0 Å². The summed E-state index contributed by atoms with van der Waals surface area (Å²) < 4.78 is 0. The third-order valence-corrected chi connectivity index (χ3v) is 2.89. The van der Waals surface area contributed by atoms with Crippen LogP contribution in [-0.4, -0.2) is 15.0 Å². The van der Waals surface area contributed by atoms with E-state index < -0.39 is 0 Å². The summed E-state index contributed by atoms with van der Waals surface area (Å²) >= 11 is 0. The molecule has 2 aromatic heterocycles. The molecule has 4 heteroatoms. The zero-order chi connectivity index (χ0) is 19.8. The predicted molar refractivity (Wildman–Crippen MR) is 114 cm³/mol. The van der Waals surface area contributed by atoms with Gasteiger partial charge in [0.15, 0.2) is 0 Å². The lowest BCUT2D eigenvalue weighted by molar-refractivity contribution is 1.16. The van der Waals surface area contributed by atoms with Crippen LogP contribution in [0.5, 0.6) is 0 Å². The standard InChI is InChI=1S/C16H14N4.3C2H6/c1-12-4-2-6-14(10-12)19-16-18-9-7-15(20-16)13-5-3-8-17-11-13;3*1-2/h2-11H,1H3,(H,18,19,20);3*1-2H3. The van der Waals surface area contributed by atoms with Gasteiger partial charge in [0, 0.05) is 29.8 Å². The lowest BCUT2D eigenvalue weighted by atomic mass is 10.2. The maximum Gasteiger partial charge on any atom is 0.227 e. The van der Waals surface area contributed by atoms with Gasteiger partial charge in [-0.3, -0.25) is 4.98 Å². The Balaban J connectivity index is 0.000000948. The summed E-state index contributed by atoms with van der Waals surface area (Å²) in [4.78, 5) is 12.9. The molecule has 0 amide bonds. The van der Waals surface area contributed by atoms with Gasteiger partial charge in [0.2, 0.25) is 5.95 Å². The minimum atomic E-state index is 0.581. The van der Waals surface area contributed by atoms with Gasteiger partial charge in [0.1, 0.15) is 0 Å². The number of hydrogen-bond acceptors (Lipinski definition) is 4. The minimum Gasteiger partial charge on any atom is -0.324 e. The molecule has 0 fully saturated rings. The highest BCUT2D eigenvalue weighted by molar-refractivity contribution is 5.61. The van der Waals surface area contributed by atoms with Crippen LogP contribution in [0.4, 0.5) is 11.6 Å². The summed E-state index contributed by atoms with van der Waals surface area (Å²) in [5.41, 5.74) is 4.00. The first-order valence-electron chi connectivity index (χ1n) is 9.38. The number of nitrogens with one attached hydrogen (secondary N) is 1. The van der Waals surface area contributed by atoms with Crippen molar-refractivity contribution in [3.63, 3.8) is 0 Å². The fourth-order valence-corrected chi connectivity index (χ4v) is 1.95. The molecule has 4 nitrogen and oxygen atoms in total. The fourth-order valence-electron chi connectivity index (χ4n) is 1.95. The van der Waals surface area contributed by atoms with E-state index in [4.69, 9.17) is 0 Å². The summed E-state index contributed by atoms with van der Waals surface area (Å²) in [5, 5.41) is 3.21. The molecule has 1 aromatic carbocycles. The lowest BCUT2D eigenvalue weighted by Crippen LogP contribution is -1.98. The van der Waals surface area contributed by atoms with Gasteiger partial charge in [-0.25, -0.2) is 9.97 Å². The van der Waals surface area contributed by atoms with E-state index in [1.54, 1.807) is 18.6 Å². The zero-order valence-corrected chi connectivity index (χ0v) is 17.1. The highest BCUT2D eigenvalue weighted by Crippen LogP contribution is 2.18. The van der Waals surface area contributed by atoms with E-state index in [1.165, 1.54) is 5.56 Å². The molecule has 3 rings (SSSR count). The second kappa shape index (κ2) is 14.6. The number of nitrogens with zero attached hydrogens (tertiary/aromatic N) is 3. The number of anilines is 2. The van der Waals surface area contributed by atoms with Gasteiger partial charge in [-0.05, 0) is 42.8 Å². The summed E-state index contributed by atoms with van der Waals surface area (Å²) in [5.74, 6) is 0.581. The Morgan fingerprint density at radius 3 is 2.15 bits per heavy atom. The number of benzene rings is 1. The molecule has 140 valence electrons. The van der Waals surface area contributed by atoms with Crippen LogP contribution < -0.4 is 5.32 Å². The molecular weight excluding hydrogens is 320 g/mol. The Morgan fingerprint density at radius 1 is 0.808 bits per heavy atom. The van der Waals surface area contributed by atoms with Crippen molar-refractivity contribution in [1.82, 2.24) is 15.0 Å². The molecule has 0 aliphatic rings. The van der Waals surface area contributed by atoms with Gasteiger partial charge < -0.3 is 5.32 Å². The Morgan fingerprint density at radius 2 is 1.54 bits per heavy atom. The summed E-state index contributed by atoms with van der Waals surface area (Å²) in [7, 11) is 0. The molecule has 0 radical (unpaired) electrons. The maximum absolute atomic E-state index is 4.51. The first-order chi connectivity index (χ1) is 12.8. The van der Waals surface area contributed by atoms with Gasteiger partial charge in [0.25, 0.3) is 0 Å². The highest BCUT2D eigenvalue weighted by Gasteiger charge is 2.02. The number of aryl methyl sites for hydroxylation is 1. The van der Waals surface area contributed by atoms with Crippen molar-refractivity contribution >= 4 is 11.6 Å². The average molecular weight is 353 g/mol. The van der Waals surface area contributed by atoms with Crippen molar-refractivity contribution in [3.8, 4) is 11.3 Å². The predicted octanol–water partition coefficient (Wildman–Crippen LogP) is 6.67. The molecule has 0 unspecified atom stereocenters. The Kier molecular flexibility index (Phi) is 13.0. The first kappa shape index (κ1) is 23.2. The monoisotopic (exact) mass is 352 g/mol. The van der Waals surface area contributed by atoms with E-state index in [0.29, 0.717) is 5.95 Å². The normalized spacial score (nSPS) is 8.58. The van der Waals surface area contributed by atoms with E-state index >= 15 is 0 Å². The van der Waals surface area contributed by atoms with Gasteiger partial charge >= 0.3 is 0 Å². The molecule has 2 heterocycles. The molecule has 0 spiro atoms. The third kappa shape index (κ3) is 7.88. The molecule has 0 bridgehead atoms. The largest absolute Gasteiger partial charge is 0.324 e. The van der Waals surface area contributed by atoms with Crippen LogP contribution in [-0.2, 0) is 0 Å². The van der Waals surface area contributed by atoms with Gasteiger partial charge in [-0.1, -0.05) is 53.7 Å². The maximum atomic E-state index is 4.51. The molecule has 1 N–H and O–H groups in total. The lowest BCUT2D eigenvalue weighted by Gasteiger charge is -2.07. The Labute approximate surface area is 158 Å². The van der Waals surface area contributed by atoms with Crippen molar-refractivity contribution in [2.75, 3.05) is 5.32 Å². The van der Waals surface area contributed by atoms with E-state index in [-0.39, 0.29) is 0 Å². The van der Waals surface area contributed by atoms with E-state index in [0.717, 1.165) is 16.9 Å². The molecule has 0 aliphatic carbocycles. The molecular formula is C22H32N4. The van der Waals surface area contributed by atoms with Crippen LogP contribution in [0.2, 0.25) is 0 Å². The second-order valence-corrected chi connectivity index (χ2v) is 4.50. The highest BCUT2D eigenvalue weighted by atomic mass is 15.1. The van der Waals surface area contributed by atoms with Crippen LogP contribution >= 0.6 is 0 Å². The van der Waals surface area contributed by atoms with E-state index in [1.807, 2.05) is 71.9 Å². The number of aromatic nitrogens is 3. The smallest absolute Gasteiger partial charge is 0.227 e. The van der Waals surface area contributed by atoms with Crippen molar-refractivity contribution in [1.29, 1.82) is 0 Å². The van der Waals surface area contributed by atoms with Crippen LogP contribution in [0.1, 0.15) is 47.1 Å². The van der Waals surface area contributed by atoms with Crippen LogP contribution in [0, 0.1) is 6.92 Å². The first-order valence-corrected chi connectivity index (χ1v) is 9.38. The summed E-state index contributed by atoms with van der Waals surface area (Å²) in [6.45, 7) is 14.1. The zero-order valence-electron chi connectivity index (χ0n) is 17.1. The van der Waals surface area contributed by atoms with Crippen molar-refractivity contribution in [2.45, 2.75) is 48.5 Å². The van der Waals surface area contributed by atoms with Crippen LogP contribution in [0.3, 0.4) is 0 Å². The quantitative estimate of drug-likeness (QED) is 0.572. The Hall–Kier alpha value is -2.75. The topological polar surface area (TPSA) is 50.7 Å². The van der Waals surface area contributed by atoms with Crippen LogP contribution in [0.15, 0.2) is 61.1 Å². The Bertz CT molecular complexity index is 712. The number of hydrogen-bond donors (Lipinski definition) is 1. The molecule has 0 aliphatic heterocycles. The second-order valence-electron chi connectivity index (χ2n) is 4.50. The fraction of sp³-hybridized carbons (Fsp3) is 0.318. The van der Waals surface area contributed by atoms with Crippen LogP contribution in [0.25, 0.3) is 11.3 Å². The molecule has 0 saturated heterocycles. The van der Waals surface area contributed by atoms with Crippen molar-refractivity contribution in [3.05, 3.63) is 66.6 Å². The van der Waals surface area contributed by atoms with Gasteiger partial charge in [-0.2, -0.15) is 0 Å². The number of pyridine rings is 1. The molecule has 0 saturated carbocycles. The van der Waals surface area contributed by atoms with E-state index in [9.17, 15) is 0 Å². The van der Waals surface area contributed by atoms with Crippen molar-refractivity contribution in [2.24, 2.45) is 0 Å². The average Bonchev–Trinajstić information content (AvgIpc) is 2.73. The number of rotatable bonds is 3. The summed E-state index contributed by atoms with van der Waals surface area (Å²) in [6.07, 6.45) is 5.28. The van der Waals surface area contributed by atoms with E-state index in [2.05, 4.69) is 39.3 Å². The molecule has 3 aromatic rings. The minimum absolute atomic E-state index is 0.581.